The first-order valence-electron chi connectivity index (χ1n) is 5.48. The Morgan fingerprint density at radius 3 is 2.75 bits per heavy atom. The minimum absolute atomic E-state index is 0.385. The van der Waals surface area contributed by atoms with Gasteiger partial charge in [0.1, 0.15) is 0 Å². The Morgan fingerprint density at radius 2 is 2.25 bits per heavy atom. The number of aryl methyl sites for hydroxylation is 2. The number of carbonyl (C=O) groups excluding carboxylic acids is 1. The first kappa shape index (κ1) is 13.2. The maximum absolute atomic E-state index is 11.5. The zero-order chi connectivity index (χ0) is 12.1. The number of hydrogen-bond donors (Lipinski definition) is 1. The van der Waals surface area contributed by atoms with Crippen LogP contribution in [0.2, 0.25) is 0 Å². The summed E-state index contributed by atoms with van der Waals surface area (Å²) in [6.07, 6.45) is 0.677. The molecule has 0 unspecified atom stereocenters. The highest BCUT2D eigenvalue weighted by Gasteiger charge is 2.21. The van der Waals surface area contributed by atoms with E-state index in [1.807, 2.05) is 26.8 Å². The average molecular weight is 242 g/mol. The van der Waals surface area contributed by atoms with Gasteiger partial charge in [-0.25, -0.2) is 4.79 Å². The molecule has 0 aliphatic carbocycles. The highest BCUT2D eigenvalue weighted by atomic mass is 32.1. The third-order valence-electron chi connectivity index (χ3n) is 2.42. The first-order chi connectivity index (χ1) is 7.56. The van der Waals surface area contributed by atoms with Gasteiger partial charge in [-0.15, -0.1) is 11.3 Å². The highest BCUT2D eigenvalue weighted by molar-refractivity contribution is 7.12. The number of rotatable bonds is 5. The maximum atomic E-state index is 11.5. The Labute approximate surface area is 100 Å². The van der Waals surface area contributed by atoms with Crippen molar-refractivity contribution in [2.45, 2.75) is 39.7 Å². The van der Waals surface area contributed by atoms with Crippen molar-refractivity contribution in [2.75, 3.05) is 6.61 Å². The van der Waals surface area contributed by atoms with E-state index in [4.69, 9.17) is 4.74 Å². The Kier molecular flexibility index (Phi) is 4.96. The second-order valence-electron chi connectivity index (χ2n) is 3.81. The van der Waals surface area contributed by atoms with Gasteiger partial charge in [0.25, 0.3) is 0 Å². The summed E-state index contributed by atoms with van der Waals surface area (Å²) < 4.78 is 4.97. The Hall–Kier alpha value is -0.870. The lowest BCUT2D eigenvalue weighted by atomic mass is 10.2. The molecule has 0 fully saturated rings. The summed E-state index contributed by atoms with van der Waals surface area (Å²) in [7, 11) is 0. The van der Waals surface area contributed by atoms with Gasteiger partial charge in [-0.1, -0.05) is 13.3 Å². The minimum Gasteiger partial charge on any atom is -0.463 e. The van der Waals surface area contributed by atoms with Gasteiger partial charge in [0.2, 0.25) is 0 Å². The topological polar surface area (TPSA) is 46.5 Å². The lowest BCUT2D eigenvalue weighted by Crippen LogP contribution is -2.15. The molecule has 0 aliphatic heterocycles. The van der Waals surface area contributed by atoms with Crippen molar-refractivity contribution in [3.8, 4) is 0 Å². The van der Waals surface area contributed by atoms with Gasteiger partial charge in [0.15, 0.2) is 6.10 Å². The summed E-state index contributed by atoms with van der Waals surface area (Å²) >= 11 is 1.44. The van der Waals surface area contributed by atoms with Crippen LogP contribution in [-0.4, -0.2) is 17.7 Å². The van der Waals surface area contributed by atoms with Gasteiger partial charge >= 0.3 is 5.97 Å². The fourth-order valence-electron chi connectivity index (χ4n) is 1.25. The summed E-state index contributed by atoms with van der Waals surface area (Å²) in [6.45, 7) is 6.34. The molecular formula is C12H18O3S. The molecule has 3 nitrogen and oxygen atoms in total. The van der Waals surface area contributed by atoms with E-state index in [0.717, 1.165) is 23.3 Å². The van der Waals surface area contributed by atoms with Crippen LogP contribution in [-0.2, 0) is 9.53 Å². The second kappa shape index (κ2) is 6.01. The van der Waals surface area contributed by atoms with Gasteiger partial charge in [-0.05, 0) is 31.9 Å². The van der Waals surface area contributed by atoms with Crippen LogP contribution in [0.1, 0.15) is 41.2 Å². The van der Waals surface area contributed by atoms with E-state index in [-0.39, 0.29) is 0 Å². The molecule has 1 aromatic heterocycles. The summed E-state index contributed by atoms with van der Waals surface area (Å²) in [5.74, 6) is -0.547. The predicted molar refractivity (Wildman–Crippen MR) is 64.6 cm³/mol. The number of thiophene rings is 1. The number of aliphatic hydroxyl groups is 1. The molecular weight excluding hydrogens is 224 g/mol. The van der Waals surface area contributed by atoms with E-state index in [2.05, 4.69) is 0 Å². The maximum Gasteiger partial charge on any atom is 0.340 e. The van der Waals surface area contributed by atoms with Crippen LogP contribution in [0.4, 0.5) is 0 Å². The smallest absolute Gasteiger partial charge is 0.340 e. The van der Waals surface area contributed by atoms with Crippen LogP contribution in [0.3, 0.4) is 0 Å². The van der Waals surface area contributed by atoms with Crippen molar-refractivity contribution >= 4 is 17.3 Å². The summed E-state index contributed by atoms with van der Waals surface area (Å²) in [6, 6.07) is 1.84. The fourth-order valence-corrected chi connectivity index (χ4v) is 2.27. The molecule has 0 aromatic carbocycles. The van der Waals surface area contributed by atoms with E-state index < -0.39 is 12.1 Å². The molecule has 1 N–H and O–H groups in total. The first-order valence-corrected chi connectivity index (χ1v) is 6.29. The Bertz CT molecular complexity index is 338. The SMILES string of the molecule is CCCCOC(=O)[C@@H](O)c1cc(C)c(C)s1. The van der Waals surface area contributed by atoms with E-state index in [9.17, 15) is 9.90 Å². The van der Waals surface area contributed by atoms with Gasteiger partial charge < -0.3 is 9.84 Å². The predicted octanol–water partition coefficient (Wildman–Crippen LogP) is 2.74. The molecule has 0 amide bonds. The van der Waals surface area contributed by atoms with E-state index in [1.54, 1.807) is 0 Å². The van der Waals surface area contributed by atoms with Gasteiger partial charge in [0, 0.05) is 9.75 Å². The number of ether oxygens (including phenoxy) is 1. The zero-order valence-corrected chi connectivity index (χ0v) is 10.8. The van der Waals surface area contributed by atoms with Gasteiger partial charge in [-0.2, -0.15) is 0 Å². The van der Waals surface area contributed by atoms with Crippen LogP contribution in [0, 0.1) is 13.8 Å². The lowest BCUT2D eigenvalue weighted by molar-refractivity contribution is -0.153. The number of carbonyl (C=O) groups is 1. The quantitative estimate of drug-likeness (QED) is 0.638. The lowest BCUT2D eigenvalue weighted by Gasteiger charge is -2.08. The summed E-state index contributed by atoms with van der Waals surface area (Å²) in [5.41, 5.74) is 1.10. The van der Waals surface area contributed by atoms with Crippen LogP contribution in [0.15, 0.2) is 6.07 Å². The third kappa shape index (κ3) is 3.32. The van der Waals surface area contributed by atoms with Crippen molar-refractivity contribution in [2.24, 2.45) is 0 Å². The Balaban J connectivity index is 2.56. The average Bonchev–Trinajstić information content (AvgIpc) is 2.58. The molecule has 1 atom stereocenters. The van der Waals surface area contributed by atoms with Gasteiger partial charge in [-0.3, -0.25) is 0 Å². The number of unbranched alkanes of at least 4 members (excludes halogenated alkanes) is 1. The van der Waals surface area contributed by atoms with Crippen molar-refractivity contribution in [1.29, 1.82) is 0 Å². The Morgan fingerprint density at radius 1 is 1.56 bits per heavy atom. The molecule has 0 saturated carbocycles. The normalized spacial score (nSPS) is 12.5. The summed E-state index contributed by atoms with van der Waals surface area (Å²) in [4.78, 5) is 13.3. The summed E-state index contributed by atoms with van der Waals surface area (Å²) in [5, 5.41) is 9.76. The second-order valence-corrected chi connectivity index (χ2v) is 5.10. The van der Waals surface area contributed by atoms with Crippen LogP contribution >= 0.6 is 11.3 Å². The van der Waals surface area contributed by atoms with Crippen LogP contribution in [0.25, 0.3) is 0 Å². The monoisotopic (exact) mass is 242 g/mol. The molecule has 1 rings (SSSR count). The van der Waals surface area contributed by atoms with Crippen molar-refractivity contribution < 1.29 is 14.6 Å². The van der Waals surface area contributed by atoms with Crippen LogP contribution in [0.5, 0.6) is 0 Å². The van der Waals surface area contributed by atoms with Crippen molar-refractivity contribution in [3.63, 3.8) is 0 Å². The molecule has 0 bridgehead atoms. The molecule has 90 valence electrons. The molecule has 0 spiro atoms. The molecule has 1 aromatic rings. The number of esters is 1. The molecule has 0 radical (unpaired) electrons. The van der Waals surface area contributed by atoms with Crippen LogP contribution < -0.4 is 0 Å². The molecule has 16 heavy (non-hydrogen) atoms. The third-order valence-corrected chi connectivity index (χ3v) is 3.62. The van der Waals surface area contributed by atoms with E-state index >= 15 is 0 Å². The highest BCUT2D eigenvalue weighted by Crippen LogP contribution is 2.27. The number of hydrogen-bond acceptors (Lipinski definition) is 4. The molecule has 0 aliphatic rings. The van der Waals surface area contributed by atoms with Crippen molar-refractivity contribution in [1.82, 2.24) is 0 Å². The van der Waals surface area contributed by atoms with E-state index in [0.29, 0.717) is 11.5 Å². The fraction of sp³-hybridized carbons (Fsp3) is 0.583. The molecule has 0 saturated heterocycles. The van der Waals surface area contributed by atoms with E-state index in [1.165, 1.54) is 11.3 Å². The zero-order valence-electron chi connectivity index (χ0n) is 9.95. The number of aliphatic hydroxyl groups excluding tert-OH is 1. The standard InChI is InChI=1S/C12H18O3S/c1-4-5-6-15-12(14)11(13)10-7-8(2)9(3)16-10/h7,11,13H,4-6H2,1-3H3/t11-/m0/s1. The largest absolute Gasteiger partial charge is 0.463 e. The van der Waals surface area contributed by atoms with Gasteiger partial charge in [0.05, 0.1) is 6.61 Å². The minimum atomic E-state index is -1.13. The molecule has 1 heterocycles. The van der Waals surface area contributed by atoms with Crippen molar-refractivity contribution in [3.05, 3.63) is 21.4 Å². The molecule has 4 heteroatoms.